The van der Waals surface area contributed by atoms with Gasteiger partial charge in [0.25, 0.3) is 10.0 Å². The zero-order valence-electron chi connectivity index (χ0n) is 18.3. The van der Waals surface area contributed by atoms with E-state index in [1.807, 2.05) is 4.90 Å². The molecule has 8 nitrogen and oxygen atoms in total. The number of fused-ring (bicyclic) bond motifs is 1. The molecule has 0 aliphatic carbocycles. The average Bonchev–Trinajstić information content (AvgIpc) is 3.17. The molecule has 0 bridgehead atoms. The van der Waals surface area contributed by atoms with Crippen molar-refractivity contribution in [1.82, 2.24) is 9.29 Å². The first kappa shape index (κ1) is 26.7. The Kier molecular flexibility index (Phi) is 7.28. The molecule has 0 spiro atoms. The third kappa shape index (κ3) is 4.80. The van der Waals surface area contributed by atoms with Crippen LogP contribution in [0.3, 0.4) is 0 Å². The highest BCUT2D eigenvalue weighted by Gasteiger charge is 2.43. The molecule has 2 aromatic carbocycles. The second kappa shape index (κ2) is 9.82. The fourth-order valence-electron chi connectivity index (χ4n) is 3.90. The highest BCUT2D eigenvalue weighted by molar-refractivity contribution is 7.90. The van der Waals surface area contributed by atoms with Crippen LogP contribution in [-0.4, -0.2) is 57.8 Å². The Morgan fingerprint density at radius 3 is 2.33 bits per heavy atom. The molecule has 3 aromatic rings. The maximum absolute atomic E-state index is 13.9. The number of benzene rings is 2. The maximum atomic E-state index is 13.9. The van der Waals surface area contributed by atoms with Crippen LogP contribution < -0.4 is 19.7 Å². The number of nitrogens with zero attached hydrogens (tertiary/aromatic N) is 2. The second-order valence-corrected chi connectivity index (χ2v) is 10.6. The van der Waals surface area contributed by atoms with Crippen LogP contribution in [0.5, 0.6) is 11.6 Å². The van der Waals surface area contributed by atoms with Gasteiger partial charge in [-0.15, -0.1) is 0 Å². The van der Waals surface area contributed by atoms with Crippen LogP contribution in [0.15, 0.2) is 35.2 Å². The molecule has 1 aliphatic rings. The first-order chi connectivity index (χ1) is 16.9. The Labute approximate surface area is 218 Å². The van der Waals surface area contributed by atoms with Crippen LogP contribution in [0.2, 0.25) is 15.1 Å². The molecular weight excluding hydrogens is 570 g/mol. The van der Waals surface area contributed by atoms with E-state index in [0.29, 0.717) is 35.8 Å². The summed E-state index contributed by atoms with van der Waals surface area (Å²) in [6, 6.07) is 5.99. The highest BCUT2D eigenvalue weighted by atomic mass is 35.5. The molecule has 1 saturated heterocycles. The van der Waals surface area contributed by atoms with Crippen molar-refractivity contribution in [2.75, 3.05) is 38.2 Å². The van der Waals surface area contributed by atoms with Crippen molar-refractivity contribution in [3.63, 3.8) is 0 Å². The van der Waals surface area contributed by atoms with Crippen LogP contribution in [0.1, 0.15) is 0 Å². The summed E-state index contributed by atoms with van der Waals surface area (Å²) in [5.41, 5.74) is 0.293. The van der Waals surface area contributed by atoms with E-state index in [2.05, 4.69) is 10.1 Å². The zero-order chi connectivity index (χ0) is 26.4. The quantitative estimate of drug-likeness (QED) is 0.433. The standard InChI is InChI=1S/C21H17Cl3F3N3O5S/c1-34-19-14(24)8-11(22)9-16(19)36(32,33)30-15-3-2-13(23)18(29-6-4-28-5-7-29)12(15)10-17(30)35-20(31)21(25,26)27/h2-3,8-10,28H,4-7H2,1H3. The lowest BCUT2D eigenvalue weighted by Gasteiger charge is -2.30. The molecule has 2 heterocycles. The van der Waals surface area contributed by atoms with Gasteiger partial charge < -0.3 is 19.7 Å². The number of hydrogen-bond donors (Lipinski definition) is 1. The fraction of sp³-hybridized carbons (Fsp3) is 0.286. The summed E-state index contributed by atoms with van der Waals surface area (Å²) < 4.78 is 77.1. The molecular formula is C21H17Cl3F3N3O5S. The van der Waals surface area contributed by atoms with Gasteiger partial charge >= 0.3 is 12.1 Å². The molecule has 194 valence electrons. The van der Waals surface area contributed by atoms with Crippen LogP contribution >= 0.6 is 34.8 Å². The van der Waals surface area contributed by atoms with Crippen molar-refractivity contribution in [3.05, 3.63) is 45.4 Å². The Hall–Kier alpha value is -2.38. The zero-order valence-corrected chi connectivity index (χ0v) is 21.4. The van der Waals surface area contributed by atoms with Crippen molar-refractivity contribution in [2.24, 2.45) is 0 Å². The van der Waals surface area contributed by atoms with Gasteiger partial charge in [-0.25, -0.2) is 17.2 Å². The summed E-state index contributed by atoms with van der Waals surface area (Å²) in [6.07, 6.45) is -5.39. The summed E-state index contributed by atoms with van der Waals surface area (Å²) in [7, 11) is -3.63. The maximum Gasteiger partial charge on any atom is 0.491 e. The van der Waals surface area contributed by atoms with Crippen molar-refractivity contribution < 1.29 is 35.9 Å². The van der Waals surface area contributed by atoms with Gasteiger partial charge in [-0.1, -0.05) is 34.8 Å². The number of esters is 1. The normalized spacial score (nSPS) is 14.8. The van der Waals surface area contributed by atoms with Crippen LogP contribution in [0.25, 0.3) is 10.9 Å². The first-order valence-electron chi connectivity index (χ1n) is 10.2. The summed E-state index contributed by atoms with van der Waals surface area (Å²) in [5.74, 6) is -3.80. The topological polar surface area (TPSA) is 89.9 Å². The fourth-order valence-corrected chi connectivity index (χ4v) is 6.52. The number of anilines is 1. The van der Waals surface area contributed by atoms with Gasteiger partial charge in [-0.2, -0.15) is 13.2 Å². The molecule has 15 heteroatoms. The second-order valence-electron chi connectivity index (χ2n) is 7.62. The predicted molar refractivity (Wildman–Crippen MR) is 129 cm³/mol. The van der Waals surface area contributed by atoms with E-state index in [4.69, 9.17) is 39.5 Å². The third-order valence-corrected chi connectivity index (χ3v) is 7.91. The molecule has 1 aliphatic heterocycles. The van der Waals surface area contributed by atoms with Crippen molar-refractivity contribution in [2.45, 2.75) is 11.1 Å². The number of hydrogen-bond acceptors (Lipinski definition) is 7. The van der Waals surface area contributed by atoms with E-state index in [0.717, 1.165) is 19.2 Å². The molecule has 4 rings (SSSR count). The molecule has 1 fully saturated rings. The van der Waals surface area contributed by atoms with Crippen LogP contribution in [0.4, 0.5) is 18.9 Å². The first-order valence-corrected chi connectivity index (χ1v) is 12.8. The van der Waals surface area contributed by atoms with E-state index < -0.39 is 32.9 Å². The minimum atomic E-state index is -5.39. The molecule has 0 amide bonds. The predicted octanol–water partition coefficient (Wildman–Crippen LogP) is 4.72. The van der Waals surface area contributed by atoms with Crippen LogP contribution in [0, 0.1) is 0 Å². The number of carbonyl (C=O) groups excluding carboxylic acids is 1. The Bertz CT molecular complexity index is 1450. The SMILES string of the molecule is COc1c(Cl)cc(Cl)cc1S(=O)(=O)n1c(OC(=O)C(F)(F)F)cc2c(N3CCNCC3)c(Cl)ccc21. The Morgan fingerprint density at radius 2 is 1.72 bits per heavy atom. The van der Waals surface area contributed by atoms with Gasteiger partial charge in [0.15, 0.2) is 5.75 Å². The lowest BCUT2D eigenvalue weighted by molar-refractivity contribution is -0.190. The largest absolute Gasteiger partial charge is 0.494 e. The molecule has 1 N–H and O–H groups in total. The van der Waals surface area contributed by atoms with E-state index in [9.17, 15) is 26.4 Å². The lowest BCUT2D eigenvalue weighted by Crippen LogP contribution is -2.43. The number of piperazine rings is 1. The Balaban J connectivity index is 2.04. The smallest absolute Gasteiger partial charge is 0.491 e. The van der Waals surface area contributed by atoms with E-state index in [1.54, 1.807) is 0 Å². The van der Waals surface area contributed by atoms with Gasteiger partial charge in [0.2, 0.25) is 5.88 Å². The van der Waals surface area contributed by atoms with Gasteiger partial charge in [0.05, 0.1) is 28.4 Å². The summed E-state index contributed by atoms with van der Waals surface area (Å²) in [5, 5.41) is 3.32. The number of alkyl halides is 3. The molecule has 0 saturated carbocycles. The summed E-state index contributed by atoms with van der Waals surface area (Å²) in [4.78, 5) is 13.0. The average molecular weight is 587 g/mol. The monoisotopic (exact) mass is 585 g/mol. The number of ether oxygens (including phenoxy) is 2. The number of methoxy groups -OCH3 is 1. The molecule has 36 heavy (non-hydrogen) atoms. The number of nitrogens with one attached hydrogen (secondary N) is 1. The van der Waals surface area contributed by atoms with E-state index >= 15 is 0 Å². The number of halogens is 6. The number of rotatable bonds is 5. The molecule has 1 aromatic heterocycles. The van der Waals surface area contributed by atoms with Crippen LogP contribution in [-0.2, 0) is 14.8 Å². The molecule has 0 radical (unpaired) electrons. The van der Waals surface area contributed by atoms with Gasteiger partial charge in [0, 0.05) is 42.7 Å². The van der Waals surface area contributed by atoms with Gasteiger partial charge in [0.1, 0.15) is 4.90 Å². The summed E-state index contributed by atoms with van der Waals surface area (Å²) in [6.45, 7) is 2.18. The minimum Gasteiger partial charge on any atom is -0.494 e. The number of aromatic nitrogens is 1. The van der Waals surface area contributed by atoms with Gasteiger partial charge in [-0.05, 0) is 24.3 Å². The van der Waals surface area contributed by atoms with Crippen molar-refractivity contribution in [1.29, 1.82) is 0 Å². The third-order valence-electron chi connectivity index (χ3n) is 5.39. The lowest BCUT2D eigenvalue weighted by atomic mass is 10.2. The van der Waals surface area contributed by atoms with Gasteiger partial charge in [-0.3, -0.25) is 0 Å². The summed E-state index contributed by atoms with van der Waals surface area (Å²) >= 11 is 18.6. The van der Waals surface area contributed by atoms with E-state index in [1.165, 1.54) is 18.2 Å². The molecule has 0 unspecified atom stereocenters. The number of carbonyl (C=O) groups is 1. The highest BCUT2D eigenvalue weighted by Crippen LogP contribution is 2.43. The Morgan fingerprint density at radius 1 is 1.06 bits per heavy atom. The van der Waals surface area contributed by atoms with Crippen molar-refractivity contribution >= 4 is 67.4 Å². The minimum absolute atomic E-state index is 0.0748. The van der Waals surface area contributed by atoms with E-state index in [-0.39, 0.29) is 31.7 Å². The van der Waals surface area contributed by atoms with Crippen molar-refractivity contribution in [3.8, 4) is 11.6 Å². The molecule has 0 atom stereocenters.